The molecule has 138 valence electrons. The minimum atomic E-state index is -0.297. The van der Waals surface area contributed by atoms with E-state index in [1.165, 1.54) is 6.07 Å². The number of rotatable bonds is 6. The van der Waals surface area contributed by atoms with E-state index in [4.69, 9.17) is 4.63 Å². The molecule has 0 aliphatic heterocycles. The number of carbonyl (C=O) groups excluding carboxylic acids is 1. The molecule has 1 unspecified atom stereocenters. The number of benzene rings is 1. The Balaban J connectivity index is 1.74. The van der Waals surface area contributed by atoms with Crippen molar-refractivity contribution in [3.63, 3.8) is 0 Å². The number of nitrogens with one attached hydrogen (secondary N) is 2. The molecule has 0 bridgehead atoms. The Morgan fingerprint density at radius 2 is 2.31 bits per heavy atom. The predicted molar refractivity (Wildman–Crippen MR) is 92.6 cm³/mol. The number of amides is 1. The highest BCUT2D eigenvalue weighted by Gasteiger charge is 2.30. The van der Waals surface area contributed by atoms with Crippen molar-refractivity contribution in [1.29, 1.82) is 0 Å². The third-order valence-corrected chi connectivity index (χ3v) is 4.72. The molecule has 1 aliphatic carbocycles. The molecule has 8 nitrogen and oxygen atoms in total. The minimum Gasteiger partial charge on any atom is -0.353 e. The van der Waals surface area contributed by atoms with Crippen molar-refractivity contribution < 1.29 is 19.0 Å². The van der Waals surface area contributed by atoms with E-state index in [-0.39, 0.29) is 41.1 Å². The van der Waals surface area contributed by atoms with Crippen LogP contribution in [-0.4, -0.2) is 39.1 Å². The number of carbonyl (C=O) groups is 1. The number of hydrogen-bond acceptors (Lipinski definition) is 7. The lowest BCUT2D eigenvalue weighted by Crippen LogP contribution is -2.31. The fraction of sp³-hybridized carbons (Fsp3) is 0.375. The molecular weight excluding hydrogens is 361 g/mol. The standard InChI is InChI=1S/C16H18FN5O3S/c1-8(2)18-13(23)7-26-16-14(21-25-22-16)15(20-24)19-12-6-10-9(12)4-3-5-11(10)17/h3-5,8,12,24H,6-7H2,1-2H3,(H,18,23)(H,19,20). The van der Waals surface area contributed by atoms with E-state index >= 15 is 0 Å². The molecule has 1 aromatic heterocycles. The summed E-state index contributed by atoms with van der Waals surface area (Å²) >= 11 is 1.12. The van der Waals surface area contributed by atoms with E-state index < -0.39 is 0 Å². The molecule has 1 aliphatic rings. The maximum atomic E-state index is 13.6. The third kappa shape index (κ3) is 3.86. The Labute approximate surface area is 153 Å². The van der Waals surface area contributed by atoms with Gasteiger partial charge in [-0.2, -0.15) is 0 Å². The highest BCUT2D eigenvalue weighted by molar-refractivity contribution is 8.00. The second kappa shape index (κ2) is 7.83. The molecule has 26 heavy (non-hydrogen) atoms. The van der Waals surface area contributed by atoms with Gasteiger partial charge in [0.2, 0.25) is 5.91 Å². The zero-order valence-electron chi connectivity index (χ0n) is 14.2. The van der Waals surface area contributed by atoms with Crippen molar-refractivity contribution in [1.82, 2.24) is 21.1 Å². The summed E-state index contributed by atoms with van der Waals surface area (Å²) in [7, 11) is 0. The fourth-order valence-electron chi connectivity index (χ4n) is 2.61. The number of hydrogen-bond donors (Lipinski definition) is 3. The number of hydroxylamine groups is 1. The van der Waals surface area contributed by atoms with Gasteiger partial charge in [-0.05, 0) is 41.4 Å². The second-order valence-corrected chi connectivity index (χ2v) is 7.01. The van der Waals surface area contributed by atoms with Crippen LogP contribution in [0.4, 0.5) is 4.39 Å². The fourth-order valence-corrected chi connectivity index (χ4v) is 3.31. The molecule has 3 N–H and O–H groups in total. The van der Waals surface area contributed by atoms with Gasteiger partial charge in [-0.3, -0.25) is 20.5 Å². The quantitative estimate of drug-likeness (QED) is 0.304. The van der Waals surface area contributed by atoms with Crippen LogP contribution >= 0.6 is 11.8 Å². The number of amidine groups is 1. The van der Waals surface area contributed by atoms with Gasteiger partial charge in [0.25, 0.3) is 0 Å². The molecule has 0 spiro atoms. The summed E-state index contributed by atoms with van der Waals surface area (Å²) in [5.74, 6) is -0.242. The molecule has 0 saturated carbocycles. The number of nitrogens with zero attached hydrogens (tertiary/aromatic N) is 3. The maximum absolute atomic E-state index is 13.6. The first kappa shape index (κ1) is 18.3. The summed E-state index contributed by atoms with van der Waals surface area (Å²) in [5.41, 5.74) is 3.57. The molecule has 1 aromatic carbocycles. The summed E-state index contributed by atoms with van der Waals surface area (Å²) in [5, 5.41) is 20.0. The van der Waals surface area contributed by atoms with Gasteiger partial charge in [-0.25, -0.2) is 9.02 Å². The predicted octanol–water partition coefficient (Wildman–Crippen LogP) is 1.85. The van der Waals surface area contributed by atoms with Crippen molar-refractivity contribution in [3.8, 4) is 0 Å². The van der Waals surface area contributed by atoms with Crippen LogP contribution in [0, 0.1) is 5.82 Å². The van der Waals surface area contributed by atoms with Gasteiger partial charge in [0.1, 0.15) is 5.82 Å². The zero-order chi connectivity index (χ0) is 18.7. The third-order valence-electron chi connectivity index (χ3n) is 3.77. The molecular formula is C16H18FN5O3S. The molecule has 0 saturated heterocycles. The lowest BCUT2D eigenvalue weighted by Gasteiger charge is -2.27. The first-order valence-electron chi connectivity index (χ1n) is 8.00. The van der Waals surface area contributed by atoms with Gasteiger partial charge < -0.3 is 5.32 Å². The minimum absolute atomic E-state index is 0.0355. The molecule has 0 radical (unpaired) electrons. The number of aromatic nitrogens is 2. The van der Waals surface area contributed by atoms with Gasteiger partial charge >= 0.3 is 0 Å². The van der Waals surface area contributed by atoms with Gasteiger partial charge in [-0.1, -0.05) is 23.9 Å². The molecule has 2 aromatic rings. The topological polar surface area (TPSA) is 113 Å². The normalized spacial score (nSPS) is 16.2. The first-order chi connectivity index (χ1) is 12.5. The summed E-state index contributed by atoms with van der Waals surface area (Å²) < 4.78 is 18.4. The van der Waals surface area contributed by atoms with Crippen molar-refractivity contribution in [2.45, 2.75) is 37.4 Å². The van der Waals surface area contributed by atoms with Gasteiger partial charge in [0, 0.05) is 12.5 Å². The molecule has 1 heterocycles. The van der Waals surface area contributed by atoms with E-state index in [2.05, 4.69) is 20.6 Å². The Bertz CT molecular complexity index is 839. The summed E-state index contributed by atoms with van der Waals surface area (Å²) in [6.07, 6.45) is 0.428. The van der Waals surface area contributed by atoms with Crippen molar-refractivity contribution in [2.75, 3.05) is 5.75 Å². The van der Waals surface area contributed by atoms with Crippen LogP contribution in [0.5, 0.6) is 0 Å². The SMILES string of the molecule is CC(C)NC(=O)CSc1nonc1C(=NC1Cc2c(F)cccc21)NO. The van der Waals surface area contributed by atoms with Gasteiger partial charge in [-0.15, -0.1) is 0 Å². The second-order valence-electron chi connectivity index (χ2n) is 6.05. The van der Waals surface area contributed by atoms with Crippen LogP contribution in [0.1, 0.15) is 36.7 Å². The van der Waals surface area contributed by atoms with E-state index in [1.54, 1.807) is 12.1 Å². The maximum Gasteiger partial charge on any atom is 0.230 e. The Morgan fingerprint density at radius 1 is 1.50 bits per heavy atom. The van der Waals surface area contributed by atoms with E-state index in [9.17, 15) is 14.4 Å². The largest absolute Gasteiger partial charge is 0.353 e. The Morgan fingerprint density at radius 3 is 3.04 bits per heavy atom. The van der Waals surface area contributed by atoms with Crippen LogP contribution in [0.25, 0.3) is 0 Å². The number of thioether (sulfide) groups is 1. The van der Waals surface area contributed by atoms with Crippen LogP contribution in [0.15, 0.2) is 32.8 Å². The Hall–Kier alpha value is -2.46. The smallest absolute Gasteiger partial charge is 0.230 e. The number of fused-ring (bicyclic) bond motifs is 1. The number of halogens is 1. The average Bonchev–Trinajstić information content (AvgIpc) is 3.03. The first-order valence-corrected chi connectivity index (χ1v) is 8.98. The molecule has 3 rings (SSSR count). The zero-order valence-corrected chi connectivity index (χ0v) is 15.0. The van der Waals surface area contributed by atoms with Crippen LogP contribution < -0.4 is 10.8 Å². The van der Waals surface area contributed by atoms with E-state index in [1.807, 2.05) is 19.3 Å². The van der Waals surface area contributed by atoms with Crippen molar-refractivity contribution in [2.24, 2.45) is 4.99 Å². The van der Waals surface area contributed by atoms with Gasteiger partial charge in [0.05, 0.1) is 11.8 Å². The highest BCUT2D eigenvalue weighted by Crippen LogP contribution is 2.38. The van der Waals surface area contributed by atoms with Crippen LogP contribution in [0.3, 0.4) is 0 Å². The Kier molecular flexibility index (Phi) is 5.52. The molecule has 1 amide bonds. The lowest BCUT2D eigenvalue weighted by atomic mass is 9.83. The van der Waals surface area contributed by atoms with E-state index in [0.29, 0.717) is 17.0 Å². The van der Waals surface area contributed by atoms with Crippen LogP contribution in [-0.2, 0) is 11.2 Å². The van der Waals surface area contributed by atoms with E-state index in [0.717, 1.165) is 17.3 Å². The highest BCUT2D eigenvalue weighted by atomic mass is 32.2. The van der Waals surface area contributed by atoms with Crippen molar-refractivity contribution in [3.05, 3.63) is 40.8 Å². The summed E-state index contributed by atoms with van der Waals surface area (Å²) in [4.78, 5) is 16.1. The van der Waals surface area contributed by atoms with Crippen LogP contribution in [0.2, 0.25) is 0 Å². The monoisotopic (exact) mass is 379 g/mol. The molecule has 0 fully saturated rings. The lowest BCUT2D eigenvalue weighted by molar-refractivity contribution is -0.119. The average molecular weight is 379 g/mol. The summed E-state index contributed by atoms with van der Waals surface area (Å²) in [6.45, 7) is 3.73. The van der Waals surface area contributed by atoms with Crippen molar-refractivity contribution >= 4 is 23.5 Å². The molecule has 1 atom stereocenters. The number of aliphatic imine (C=N–C) groups is 1. The molecule has 10 heteroatoms. The van der Waals surface area contributed by atoms with Gasteiger partial charge in [0.15, 0.2) is 16.6 Å². The summed E-state index contributed by atoms with van der Waals surface area (Å²) in [6, 6.07) is 4.55.